The molecule has 0 bridgehead atoms. The van der Waals surface area contributed by atoms with E-state index in [4.69, 9.17) is 4.98 Å². The Bertz CT molecular complexity index is 389. The van der Waals surface area contributed by atoms with E-state index in [9.17, 15) is 0 Å². The first kappa shape index (κ1) is 11.7. The third-order valence-electron chi connectivity index (χ3n) is 3.83. The Morgan fingerprint density at radius 2 is 2.00 bits per heavy atom. The molecule has 2 aliphatic rings. The van der Waals surface area contributed by atoms with Crippen molar-refractivity contribution >= 4 is 11.3 Å². The number of rotatable bonds is 5. The molecule has 3 rings (SSSR count). The van der Waals surface area contributed by atoms with Crippen molar-refractivity contribution < 1.29 is 0 Å². The molecule has 94 valence electrons. The molecule has 1 aromatic heterocycles. The van der Waals surface area contributed by atoms with Gasteiger partial charge in [0.2, 0.25) is 0 Å². The normalized spacial score (nSPS) is 20.9. The molecule has 0 aromatic carbocycles. The molecule has 2 fully saturated rings. The van der Waals surface area contributed by atoms with Gasteiger partial charge in [0.05, 0.1) is 10.7 Å². The van der Waals surface area contributed by atoms with Gasteiger partial charge in [0.1, 0.15) is 0 Å². The molecular formula is C14H22N2S. The maximum atomic E-state index is 4.95. The van der Waals surface area contributed by atoms with Gasteiger partial charge in [0, 0.05) is 29.3 Å². The quantitative estimate of drug-likeness (QED) is 0.860. The molecule has 2 nitrogen and oxygen atoms in total. The zero-order valence-electron chi connectivity index (χ0n) is 10.8. The molecule has 2 aliphatic carbocycles. The lowest BCUT2D eigenvalue weighted by atomic mass is 9.86. The number of hydrogen-bond donors (Lipinski definition) is 1. The molecule has 2 saturated carbocycles. The van der Waals surface area contributed by atoms with Crippen LogP contribution in [0.2, 0.25) is 0 Å². The van der Waals surface area contributed by atoms with Gasteiger partial charge in [0.25, 0.3) is 0 Å². The Morgan fingerprint density at radius 3 is 2.53 bits per heavy atom. The average Bonchev–Trinajstić information content (AvgIpc) is 2.96. The SMILES string of the molecule is CC(C)NCc1sc(C2CCC2)nc1C1CC1. The number of nitrogens with zero attached hydrogens (tertiary/aromatic N) is 1. The summed E-state index contributed by atoms with van der Waals surface area (Å²) in [6.07, 6.45) is 6.87. The van der Waals surface area contributed by atoms with E-state index in [1.165, 1.54) is 47.7 Å². The summed E-state index contributed by atoms with van der Waals surface area (Å²) in [4.78, 5) is 6.47. The number of hydrogen-bond acceptors (Lipinski definition) is 3. The highest BCUT2D eigenvalue weighted by Crippen LogP contribution is 2.46. The van der Waals surface area contributed by atoms with Crippen molar-refractivity contribution in [2.45, 2.75) is 70.4 Å². The molecule has 0 radical (unpaired) electrons. The Morgan fingerprint density at radius 1 is 1.24 bits per heavy atom. The van der Waals surface area contributed by atoms with Crippen LogP contribution in [-0.2, 0) is 6.54 Å². The minimum Gasteiger partial charge on any atom is -0.310 e. The number of aromatic nitrogens is 1. The average molecular weight is 250 g/mol. The highest BCUT2D eigenvalue weighted by Gasteiger charge is 2.32. The van der Waals surface area contributed by atoms with Crippen LogP contribution < -0.4 is 5.32 Å². The molecule has 17 heavy (non-hydrogen) atoms. The molecule has 1 N–H and O–H groups in total. The topological polar surface area (TPSA) is 24.9 Å². The molecule has 0 spiro atoms. The Kier molecular flexibility index (Phi) is 3.22. The Labute approximate surface area is 108 Å². The maximum Gasteiger partial charge on any atom is 0.0962 e. The van der Waals surface area contributed by atoms with E-state index in [1.807, 2.05) is 11.3 Å². The fourth-order valence-corrected chi connectivity index (χ4v) is 3.58. The third-order valence-corrected chi connectivity index (χ3v) is 5.07. The summed E-state index contributed by atoms with van der Waals surface area (Å²) in [5.74, 6) is 1.59. The second-order valence-electron chi connectivity index (χ2n) is 5.80. The summed E-state index contributed by atoms with van der Waals surface area (Å²) in [6.45, 7) is 5.45. The fourth-order valence-electron chi connectivity index (χ4n) is 2.31. The van der Waals surface area contributed by atoms with E-state index in [1.54, 1.807) is 0 Å². The molecule has 3 heteroatoms. The number of nitrogens with one attached hydrogen (secondary N) is 1. The van der Waals surface area contributed by atoms with Crippen LogP contribution in [0.15, 0.2) is 0 Å². The smallest absolute Gasteiger partial charge is 0.0962 e. The summed E-state index contributed by atoms with van der Waals surface area (Å²) < 4.78 is 0. The Balaban J connectivity index is 1.76. The van der Waals surface area contributed by atoms with Crippen LogP contribution in [0.4, 0.5) is 0 Å². The summed E-state index contributed by atoms with van der Waals surface area (Å²) in [7, 11) is 0. The van der Waals surface area contributed by atoms with Gasteiger partial charge in [-0.25, -0.2) is 4.98 Å². The van der Waals surface area contributed by atoms with Gasteiger partial charge in [-0.3, -0.25) is 0 Å². The summed E-state index contributed by atoms with van der Waals surface area (Å²) in [5, 5.41) is 4.97. The second kappa shape index (κ2) is 4.69. The monoisotopic (exact) mass is 250 g/mol. The van der Waals surface area contributed by atoms with Gasteiger partial charge in [-0.1, -0.05) is 20.3 Å². The molecule has 0 saturated heterocycles. The highest BCUT2D eigenvalue weighted by atomic mass is 32.1. The molecule has 0 unspecified atom stereocenters. The van der Waals surface area contributed by atoms with E-state index in [0.717, 1.165) is 18.4 Å². The van der Waals surface area contributed by atoms with Crippen molar-refractivity contribution in [3.63, 3.8) is 0 Å². The first-order chi connectivity index (χ1) is 8.24. The van der Waals surface area contributed by atoms with Crippen LogP contribution in [0.1, 0.15) is 73.4 Å². The van der Waals surface area contributed by atoms with E-state index in [2.05, 4.69) is 19.2 Å². The minimum absolute atomic E-state index is 0.566. The van der Waals surface area contributed by atoms with Crippen LogP contribution in [0, 0.1) is 0 Å². The summed E-state index contributed by atoms with van der Waals surface area (Å²) >= 11 is 1.98. The van der Waals surface area contributed by atoms with Crippen molar-refractivity contribution in [1.29, 1.82) is 0 Å². The standard InChI is InChI=1S/C14H22N2S/c1-9(2)15-8-12-13(10-6-7-10)16-14(17-12)11-4-3-5-11/h9-11,15H,3-8H2,1-2H3. The van der Waals surface area contributed by atoms with Crippen LogP contribution >= 0.6 is 11.3 Å². The Hall–Kier alpha value is -0.410. The lowest BCUT2D eigenvalue weighted by Crippen LogP contribution is -2.21. The molecule has 0 atom stereocenters. The van der Waals surface area contributed by atoms with E-state index < -0.39 is 0 Å². The number of thiazole rings is 1. The second-order valence-corrected chi connectivity index (χ2v) is 6.91. The lowest BCUT2D eigenvalue weighted by Gasteiger charge is -2.22. The first-order valence-electron chi connectivity index (χ1n) is 6.97. The maximum absolute atomic E-state index is 4.95. The molecule has 1 aromatic rings. The van der Waals surface area contributed by atoms with Crippen molar-refractivity contribution in [1.82, 2.24) is 10.3 Å². The lowest BCUT2D eigenvalue weighted by molar-refractivity contribution is 0.417. The van der Waals surface area contributed by atoms with E-state index >= 15 is 0 Å². The van der Waals surface area contributed by atoms with Crippen LogP contribution in [0.3, 0.4) is 0 Å². The summed E-state index contributed by atoms with van der Waals surface area (Å²) in [5.41, 5.74) is 1.44. The predicted molar refractivity (Wildman–Crippen MR) is 72.7 cm³/mol. The summed E-state index contributed by atoms with van der Waals surface area (Å²) in [6, 6.07) is 0.566. The highest BCUT2D eigenvalue weighted by molar-refractivity contribution is 7.11. The van der Waals surface area contributed by atoms with Crippen molar-refractivity contribution in [3.8, 4) is 0 Å². The van der Waals surface area contributed by atoms with Crippen molar-refractivity contribution in [2.24, 2.45) is 0 Å². The van der Waals surface area contributed by atoms with Crippen LogP contribution in [-0.4, -0.2) is 11.0 Å². The minimum atomic E-state index is 0.566. The first-order valence-corrected chi connectivity index (χ1v) is 7.78. The van der Waals surface area contributed by atoms with Crippen molar-refractivity contribution in [3.05, 3.63) is 15.6 Å². The van der Waals surface area contributed by atoms with Gasteiger partial charge in [-0.05, 0) is 25.7 Å². The molecular weight excluding hydrogens is 228 g/mol. The van der Waals surface area contributed by atoms with Gasteiger partial charge in [0.15, 0.2) is 0 Å². The predicted octanol–water partition coefficient (Wildman–Crippen LogP) is 3.79. The van der Waals surface area contributed by atoms with Gasteiger partial charge >= 0.3 is 0 Å². The van der Waals surface area contributed by atoms with Gasteiger partial charge < -0.3 is 5.32 Å². The fraction of sp³-hybridized carbons (Fsp3) is 0.786. The third kappa shape index (κ3) is 2.55. The van der Waals surface area contributed by atoms with Gasteiger partial charge in [-0.15, -0.1) is 11.3 Å². The van der Waals surface area contributed by atoms with Crippen LogP contribution in [0.5, 0.6) is 0 Å². The van der Waals surface area contributed by atoms with Gasteiger partial charge in [-0.2, -0.15) is 0 Å². The largest absolute Gasteiger partial charge is 0.310 e. The zero-order chi connectivity index (χ0) is 11.8. The van der Waals surface area contributed by atoms with E-state index in [-0.39, 0.29) is 0 Å². The molecule has 0 aliphatic heterocycles. The molecule has 1 heterocycles. The van der Waals surface area contributed by atoms with E-state index in [0.29, 0.717) is 6.04 Å². The van der Waals surface area contributed by atoms with Crippen molar-refractivity contribution in [2.75, 3.05) is 0 Å². The zero-order valence-corrected chi connectivity index (χ0v) is 11.6. The molecule has 0 amide bonds. The van der Waals surface area contributed by atoms with Crippen LogP contribution in [0.25, 0.3) is 0 Å².